The van der Waals surface area contributed by atoms with E-state index < -0.39 is 12.1 Å². The van der Waals surface area contributed by atoms with Crippen molar-refractivity contribution in [3.8, 4) is 0 Å². The fourth-order valence-electron chi connectivity index (χ4n) is 7.58. The quantitative estimate of drug-likeness (QED) is 0.517. The first-order valence-corrected chi connectivity index (χ1v) is 11.6. The highest BCUT2D eigenvalue weighted by atomic mass is 16.6. The third-order valence-corrected chi connectivity index (χ3v) is 8.81. The molecule has 0 amide bonds. The molecule has 0 radical (unpaired) electrons. The summed E-state index contributed by atoms with van der Waals surface area (Å²) >= 11 is 0. The molecule has 0 heterocycles. The summed E-state index contributed by atoms with van der Waals surface area (Å²) in [6.07, 6.45) is 8.43. The van der Waals surface area contributed by atoms with Crippen molar-refractivity contribution >= 4 is 11.9 Å². The highest BCUT2D eigenvalue weighted by Crippen LogP contribution is 2.68. The molecule has 2 saturated carbocycles. The number of hydrogen-bond acceptors (Lipinski definition) is 5. The fraction of sp³-hybridized carbons (Fsp3) is 0.840. The molecule has 3 aliphatic rings. The Morgan fingerprint density at radius 1 is 1.13 bits per heavy atom. The number of esters is 2. The largest absolute Gasteiger partial charge is 0.461 e. The third-order valence-electron chi connectivity index (χ3n) is 8.81. The summed E-state index contributed by atoms with van der Waals surface area (Å²) in [5.41, 5.74) is 1.53. The molecule has 0 aromatic carbocycles. The van der Waals surface area contributed by atoms with E-state index in [4.69, 9.17) is 9.47 Å². The van der Waals surface area contributed by atoms with Crippen molar-refractivity contribution in [2.45, 2.75) is 86.2 Å². The van der Waals surface area contributed by atoms with Crippen LogP contribution in [0.4, 0.5) is 0 Å². The number of carbonyl (C=O) groups is 2. The second kappa shape index (κ2) is 8.29. The van der Waals surface area contributed by atoms with E-state index in [1.54, 1.807) is 0 Å². The third kappa shape index (κ3) is 3.94. The molecule has 0 spiro atoms. The first-order valence-electron chi connectivity index (χ1n) is 11.6. The molecule has 0 aromatic heterocycles. The monoisotopic (exact) mass is 420 g/mol. The smallest absolute Gasteiger partial charge is 0.313 e. The Balaban J connectivity index is 1.83. The Hall–Kier alpha value is -1.36. The lowest BCUT2D eigenvalue weighted by atomic mass is 9.40. The number of ether oxygens (including phenoxy) is 2. The van der Waals surface area contributed by atoms with Crippen molar-refractivity contribution in [3.05, 3.63) is 11.6 Å². The number of aliphatic hydroxyl groups is 1. The Bertz CT molecular complexity index is 710. The maximum Gasteiger partial charge on any atom is 0.313 e. The molecule has 0 unspecified atom stereocenters. The van der Waals surface area contributed by atoms with E-state index in [0.717, 1.165) is 24.8 Å². The zero-order chi connectivity index (χ0) is 22.3. The van der Waals surface area contributed by atoms with Crippen LogP contribution in [-0.4, -0.2) is 36.4 Å². The lowest BCUT2D eigenvalue weighted by Crippen LogP contribution is -2.58. The van der Waals surface area contributed by atoms with Crippen LogP contribution in [0.1, 0.15) is 80.1 Å². The summed E-state index contributed by atoms with van der Waals surface area (Å²) in [7, 11) is 0. The van der Waals surface area contributed by atoms with Crippen LogP contribution in [0, 0.1) is 34.0 Å². The second-order valence-corrected chi connectivity index (χ2v) is 11.2. The standard InChI is InChI=1S/C25H40O5/c1-16-8-9-20-24(5)12-7-11-23(3,4)19(24)10-13-25(20,6)21(16)22(28)29-15-18(14-26)30-17(2)27/h8,18-21,26H,7,9-15H2,1-6H3/t18-,19+,20+,21+,24+,25-/m0/s1. The van der Waals surface area contributed by atoms with Crippen LogP contribution in [-0.2, 0) is 19.1 Å². The molecule has 0 bridgehead atoms. The van der Waals surface area contributed by atoms with E-state index in [2.05, 4.69) is 33.8 Å². The van der Waals surface area contributed by atoms with Crippen molar-refractivity contribution in [3.63, 3.8) is 0 Å². The van der Waals surface area contributed by atoms with Gasteiger partial charge < -0.3 is 14.6 Å². The number of aliphatic hydroxyl groups excluding tert-OH is 1. The Morgan fingerprint density at radius 2 is 1.83 bits per heavy atom. The fourth-order valence-corrected chi connectivity index (χ4v) is 7.58. The molecule has 0 saturated heterocycles. The molecular formula is C25H40O5. The predicted octanol–water partition coefficient (Wildman–Crippen LogP) is 4.67. The van der Waals surface area contributed by atoms with Gasteiger partial charge in [0.25, 0.3) is 0 Å². The number of fused-ring (bicyclic) bond motifs is 3. The Labute approximate surface area is 181 Å². The summed E-state index contributed by atoms with van der Waals surface area (Å²) in [5.74, 6) is 0.112. The van der Waals surface area contributed by atoms with Crippen molar-refractivity contribution in [2.75, 3.05) is 13.2 Å². The van der Waals surface area contributed by atoms with Gasteiger partial charge in [-0.05, 0) is 67.1 Å². The lowest BCUT2D eigenvalue weighted by molar-refractivity contribution is -0.177. The molecule has 1 N–H and O–H groups in total. The summed E-state index contributed by atoms with van der Waals surface area (Å²) < 4.78 is 10.6. The Morgan fingerprint density at radius 3 is 2.47 bits per heavy atom. The molecule has 30 heavy (non-hydrogen) atoms. The maximum absolute atomic E-state index is 13.3. The predicted molar refractivity (Wildman–Crippen MR) is 116 cm³/mol. The summed E-state index contributed by atoms with van der Waals surface area (Å²) in [4.78, 5) is 24.5. The van der Waals surface area contributed by atoms with Gasteiger partial charge in [-0.3, -0.25) is 9.59 Å². The summed E-state index contributed by atoms with van der Waals surface area (Å²) in [6.45, 7) is 12.5. The van der Waals surface area contributed by atoms with E-state index in [0.29, 0.717) is 17.3 Å². The van der Waals surface area contributed by atoms with Gasteiger partial charge in [0.1, 0.15) is 6.61 Å². The average Bonchev–Trinajstić information content (AvgIpc) is 2.63. The van der Waals surface area contributed by atoms with Gasteiger partial charge in [0, 0.05) is 6.92 Å². The van der Waals surface area contributed by atoms with Crippen molar-refractivity contribution < 1.29 is 24.2 Å². The summed E-state index contributed by atoms with van der Waals surface area (Å²) in [6, 6.07) is 0. The lowest BCUT2D eigenvalue weighted by Gasteiger charge is -2.64. The van der Waals surface area contributed by atoms with Crippen molar-refractivity contribution in [1.82, 2.24) is 0 Å². The van der Waals surface area contributed by atoms with Gasteiger partial charge in [0.2, 0.25) is 0 Å². The van der Waals surface area contributed by atoms with Crippen LogP contribution in [0.5, 0.6) is 0 Å². The maximum atomic E-state index is 13.3. The van der Waals surface area contributed by atoms with Gasteiger partial charge in [0.05, 0.1) is 12.5 Å². The molecule has 3 rings (SSSR count). The molecule has 2 fully saturated rings. The minimum absolute atomic E-state index is 0.105. The molecule has 5 nitrogen and oxygen atoms in total. The summed E-state index contributed by atoms with van der Waals surface area (Å²) in [5, 5.41) is 9.42. The highest BCUT2D eigenvalue weighted by Gasteiger charge is 2.62. The first-order chi connectivity index (χ1) is 14.0. The van der Waals surface area contributed by atoms with Gasteiger partial charge >= 0.3 is 11.9 Å². The minimum Gasteiger partial charge on any atom is -0.461 e. The van der Waals surface area contributed by atoms with Crippen LogP contribution < -0.4 is 0 Å². The van der Waals surface area contributed by atoms with Gasteiger partial charge in [-0.15, -0.1) is 0 Å². The number of carbonyl (C=O) groups excluding carboxylic acids is 2. The number of allylic oxidation sites excluding steroid dienone is 1. The molecular weight excluding hydrogens is 380 g/mol. The zero-order valence-corrected chi connectivity index (χ0v) is 19.6. The number of rotatable bonds is 5. The van der Waals surface area contributed by atoms with Crippen LogP contribution >= 0.6 is 0 Å². The molecule has 3 aliphatic carbocycles. The minimum atomic E-state index is -0.810. The van der Waals surface area contributed by atoms with Crippen LogP contribution in [0.25, 0.3) is 0 Å². The van der Waals surface area contributed by atoms with Crippen molar-refractivity contribution in [1.29, 1.82) is 0 Å². The molecule has 6 atom stereocenters. The zero-order valence-electron chi connectivity index (χ0n) is 19.6. The van der Waals surface area contributed by atoms with E-state index >= 15 is 0 Å². The van der Waals surface area contributed by atoms with Crippen LogP contribution in [0.2, 0.25) is 0 Å². The van der Waals surface area contributed by atoms with Crippen molar-refractivity contribution in [2.24, 2.45) is 34.0 Å². The van der Waals surface area contributed by atoms with Crippen LogP contribution in [0.15, 0.2) is 11.6 Å². The van der Waals surface area contributed by atoms with E-state index in [9.17, 15) is 14.7 Å². The van der Waals surface area contributed by atoms with Gasteiger partial charge in [0.15, 0.2) is 6.10 Å². The highest BCUT2D eigenvalue weighted by molar-refractivity contribution is 5.77. The van der Waals surface area contributed by atoms with E-state index in [1.807, 2.05) is 6.92 Å². The normalized spacial score (nSPS) is 38.5. The molecule has 0 aliphatic heterocycles. The van der Waals surface area contributed by atoms with E-state index in [1.165, 1.54) is 26.2 Å². The van der Waals surface area contributed by atoms with Gasteiger partial charge in [-0.25, -0.2) is 0 Å². The van der Waals surface area contributed by atoms with E-state index in [-0.39, 0.29) is 35.9 Å². The van der Waals surface area contributed by atoms with Crippen LogP contribution in [0.3, 0.4) is 0 Å². The molecule has 0 aromatic rings. The molecule has 170 valence electrons. The SMILES string of the molecule is CC(=O)O[C@@H](CO)COC(=O)[C@H]1C(C)=CC[C@@H]2[C@]3(C)CCCC(C)(C)[C@H]3CC[C@]12C. The Kier molecular flexibility index (Phi) is 6.44. The van der Waals surface area contributed by atoms with Gasteiger partial charge in [-0.2, -0.15) is 0 Å². The topological polar surface area (TPSA) is 72.8 Å². The first kappa shape index (κ1) is 23.3. The average molecular weight is 421 g/mol. The van der Waals surface area contributed by atoms with Gasteiger partial charge in [-0.1, -0.05) is 45.8 Å². The number of hydrogen-bond donors (Lipinski definition) is 1. The second-order valence-electron chi connectivity index (χ2n) is 11.2. The molecule has 5 heteroatoms.